The third kappa shape index (κ3) is 2.92. The highest BCUT2D eigenvalue weighted by molar-refractivity contribution is 6.30. The van der Waals surface area contributed by atoms with E-state index in [4.69, 9.17) is 11.6 Å². The molecule has 1 saturated heterocycles. The van der Waals surface area contributed by atoms with E-state index in [1.807, 2.05) is 0 Å². The van der Waals surface area contributed by atoms with Gasteiger partial charge in [0.25, 0.3) is 0 Å². The summed E-state index contributed by atoms with van der Waals surface area (Å²) in [6, 6.07) is 3.59. The molecule has 2 aliphatic heterocycles. The van der Waals surface area contributed by atoms with Gasteiger partial charge in [-0.2, -0.15) is 5.10 Å². The fraction of sp³-hybridized carbons (Fsp3) is 0.471. The zero-order chi connectivity index (χ0) is 18.4. The van der Waals surface area contributed by atoms with E-state index in [0.717, 1.165) is 6.42 Å². The number of nitrogens with zero attached hydrogens (tertiary/aromatic N) is 4. The summed E-state index contributed by atoms with van der Waals surface area (Å²) in [5.41, 5.74) is 0.246. The maximum absolute atomic E-state index is 13.3. The molecule has 6 nitrogen and oxygen atoms in total. The van der Waals surface area contributed by atoms with Gasteiger partial charge in [0.05, 0.1) is 24.7 Å². The number of benzene rings is 1. The van der Waals surface area contributed by atoms with Crippen LogP contribution < -0.4 is 5.69 Å². The maximum atomic E-state index is 13.3. The van der Waals surface area contributed by atoms with Crippen molar-refractivity contribution < 1.29 is 13.6 Å². The molecule has 9 heteroatoms. The summed E-state index contributed by atoms with van der Waals surface area (Å²) in [5.74, 6) is -0.213. The van der Waals surface area contributed by atoms with Crippen LogP contribution in [0.1, 0.15) is 30.3 Å². The molecule has 138 valence electrons. The van der Waals surface area contributed by atoms with Crippen LogP contribution in [0.4, 0.5) is 8.78 Å². The lowest BCUT2D eigenvalue weighted by Crippen LogP contribution is -2.54. The van der Waals surface area contributed by atoms with Crippen molar-refractivity contribution >= 4 is 17.5 Å². The van der Waals surface area contributed by atoms with Crippen LogP contribution in [0.2, 0.25) is 5.02 Å². The first-order chi connectivity index (χ1) is 12.4. The largest absolute Gasteiger partial charge is 0.346 e. The highest BCUT2D eigenvalue weighted by Crippen LogP contribution is 2.26. The minimum absolute atomic E-state index is 0.0221. The Bertz CT molecular complexity index is 920. The van der Waals surface area contributed by atoms with Gasteiger partial charge in [0.1, 0.15) is 23.9 Å². The zero-order valence-electron chi connectivity index (χ0n) is 13.9. The van der Waals surface area contributed by atoms with Crippen molar-refractivity contribution in [3.8, 4) is 0 Å². The van der Waals surface area contributed by atoms with Gasteiger partial charge >= 0.3 is 5.69 Å². The fourth-order valence-electron chi connectivity index (χ4n) is 3.49. The lowest BCUT2D eigenvalue weighted by atomic mass is 10.0. The van der Waals surface area contributed by atoms with Gasteiger partial charge in [-0.3, -0.25) is 9.36 Å². The molecule has 1 fully saturated rings. The first-order valence-electron chi connectivity index (χ1n) is 8.49. The van der Waals surface area contributed by atoms with Crippen LogP contribution in [-0.4, -0.2) is 44.4 Å². The topological polar surface area (TPSA) is 60.1 Å². The van der Waals surface area contributed by atoms with Gasteiger partial charge in [0, 0.05) is 6.42 Å². The first kappa shape index (κ1) is 17.2. The Hall–Kier alpha value is -2.22. The van der Waals surface area contributed by atoms with Crippen LogP contribution in [0.5, 0.6) is 0 Å². The van der Waals surface area contributed by atoms with Gasteiger partial charge in [-0.1, -0.05) is 17.7 Å². The third-order valence-corrected chi connectivity index (χ3v) is 5.17. The average molecular weight is 383 g/mol. The van der Waals surface area contributed by atoms with Crippen LogP contribution in [0, 0.1) is 5.82 Å². The minimum atomic E-state index is -0.982. The van der Waals surface area contributed by atoms with E-state index in [1.165, 1.54) is 32.3 Å². The van der Waals surface area contributed by atoms with E-state index >= 15 is 0 Å². The summed E-state index contributed by atoms with van der Waals surface area (Å²) < 4.78 is 29.0. The molecule has 0 bridgehead atoms. The Morgan fingerprint density at radius 3 is 2.81 bits per heavy atom. The van der Waals surface area contributed by atoms with Gasteiger partial charge in [-0.05, 0) is 30.5 Å². The number of amides is 1. The van der Waals surface area contributed by atoms with Gasteiger partial charge in [0.2, 0.25) is 5.91 Å². The Balaban J connectivity index is 1.62. The molecule has 1 aromatic heterocycles. The predicted molar refractivity (Wildman–Crippen MR) is 90.5 cm³/mol. The molecule has 26 heavy (non-hydrogen) atoms. The molecule has 2 aliphatic rings. The Morgan fingerprint density at radius 1 is 1.35 bits per heavy atom. The average Bonchev–Trinajstić information content (AvgIpc) is 2.91. The molecule has 1 atom stereocenters. The van der Waals surface area contributed by atoms with Gasteiger partial charge in [0.15, 0.2) is 0 Å². The van der Waals surface area contributed by atoms with Crippen molar-refractivity contribution in [2.75, 3.05) is 13.1 Å². The van der Waals surface area contributed by atoms with E-state index in [1.54, 1.807) is 0 Å². The summed E-state index contributed by atoms with van der Waals surface area (Å²) in [6.07, 6.45) is 0.891. The number of aryl methyl sites for hydroxylation is 1. The second-order valence-electron chi connectivity index (χ2n) is 6.72. The van der Waals surface area contributed by atoms with E-state index < -0.39 is 23.7 Å². The lowest BCUT2D eigenvalue weighted by molar-refractivity contribution is -0.142. The molecule has 1 amide bonds. The summed E-state index contributed by atoms with van der Waals surface area (Å²) in [5, 5.41) is 4.31. The van der Waals surface area contributed by atoms with Crippen molar-refractivity contribution in [3.05, 3.63) is 50.9 Å². The van der Waals surface area contributed by atoms with Gasteiger partial charge in [-0.25, -0.2) is 18.3 Å². The van der Waals surface area contributed by atoms with Crippen molar-refractivity contribution in [1.82, 2.24) is 19.2 Å². The lowest BCUT2D eigenvalue weighted by Gasteiger charge is -2.37. The molecular weight excluding hydrogens is 366 g/mol. The molecule has 0 aliphatic carbocycles. The first-order valence-corrected chi connectivity index (χ1v) is 8.87. The predicted octanol–water partition coefficient (Wildman–Crippen LogP) is 1.94. The Labute approximate surface area is 153 Å². The number of alkyl halides is 1. The normalized spacial score (nSPS) is 20.0. The van der Waals surface area contributed by atoms with E-state index in [2.05, 4.69) is 5.10 Å². The monoisotopic (exact) mass is 382 g/mol. The fourth-order valence-corrected chi connectivity index (χ4v) is 3.70. The number of carbonyl (C=O) groups excluding carboxylic acids is 1. The maximum Gasteiger partial charge on any atom is 0.346 e. The number of likely N-dealkylation sites (tertiary alicyclic amines) is 1. The molecule has 0 saturated carbocycles. The molecule has 1 aromatic carbocycles. The number of carbonyl (C=O) groups is 1. The van der Waals surface area contributed by atoms with Gasteiger partial charge < -0.3 is 4.90 Å². The Kier molecular flexibility index (Phi) is 4.30. The van der Waals surface area contributed by atoms with Crippen LogP contribution in [-0.2, 0) is 17.8 Å². The smallest absolute Gasteiger partial charge is 0.335 e. The molecule has 1 unspecified atom stereocenters. The molecule has 0 spiro atoms. The van der Waals surface area contributed by atoms with Crippen molar-refractivity contribution in [2.45, 2.75) is 38.0 Å². The highest BCUT2D eigenvalue weighted by atomic mass is 35.5. The van der Waals surface area contributed by atoms with E-state index in [-0.39, 0.29) is 30.6 Å². The highest BCUT2D eigenvalue weighted by Gasteiger charge is 2.38. The number of aromatic nitrogens is 3. The molecule has 0 N–H and O–H groups in total. The summed E-state index contributed by atoms with van der Waals surface area (Å²) in [4.78, 5) is 26.8. The number of hydrogen-bond acceptors (Lipinski definition) is 3. The molecule has 4 rings (SSSR count). The van der Waals surface area contributed by atoms with Crippen LogP contribution in [0.25, 0.3) is 0 Å². The number of fused-ring (bicyclic) bond motifs is 1. The summed E-state index contributed by atoms with van der Waals surface area (Å²) in [6.45, 7) is 0.305. The van der Waals surface area contributed by atoms with Crippen molar-refractivity contribution in [3.63, 3.8) is 0 Å². The second-order valence-corrected chi connectivity index (χ2v) is 7.13. The van der Waals surface area contributed by atoms with Gasteiger partial charge in [-0.15, -0.1) is 0 Å². The molecule has 3 heterocycles. The second kappa shape index (κ2) is 6.50. The van der Waals surface area contributed by atoms with Crippen LogP contribution in [0.3, 0.4) is 0 Å². The van der Waals surface area contributed by atoms with Crippen LogP contribution in [0.15, 0.2) is 23.0 Å². The zero-order valence-corrected chi connectivity index (χ0v) is 14.6. The summed E-state index contributed by atoms with van der Waals surface area (Å²) in [7, 11) is 0. The van der Waals surface area contributed by atoms with E-state index in [9.17, 15) is 18.4 Å². The third-order valence-electron chi connectivity index (χ3n) is 4.88. The number of rotatable bonds is 3. The quantitative estimate of drug-likeness (QED) is 0.815. The SMILES string of the molecule is O=C(C1CCCc2nn(Cc3ccc(F)c(Cl)c3)c(=O)n21)N1CC(F)C1. The number of halogens is 3. The standard InChI is InChI=1S/C17H17ClF2N4O2/c18-12-6-10(4-5-13(12)20)7-23-17(26)24-14(2-1-3-15(24)21-23)16(25)22-8-11(19)9-22/h4-6,11,14H,1-3,7-9H2. The molecule has 2 aromatic rings. The molecular formula is C17H17ClF2N4O2. The number of hydrogen-bond donors (Lipinski definition) is 0. The van der Waals surface area contributed by atoms with Crippen LogP contribution >= 0.6 is 11.6 Å². The Morgan fingerprint density at radius 2 is 2.12 bits per heavy atom. The molecule has 0 radical (unpaired) electrons. The minimum Gasteiger partial charge on any atom is -0.335 e. The van der Waals surface area contributed by atoms with Crippen molar-refractivity contribution in [2.24, 2.45) is 0 Å². The summed E-state index contributed by atoms with van der Waals surface area (Å²) >= 11 is 5.79. The van der Waals surface area contributed by atoms with Crippen molar-refractivity contribution in [1.29, 1.82) is 0 Å². The van der Waals surface area contributed by atoms with E-state index in [0.29, 0.717) is 24.2 Å².